The van der Waals surface area contributed by atoms with Crippen LogP contribution in [0.3, 0.4) is 0 Å². The summed E-state index contributed by atoms with van der Waals surface area (Å²) in [4.78, 5) is 0. The van der Waals surface area contributed by atoms with Crippen molar-refractivity contribution in [2.24, 2.45) is 11.8 Å². The van der Waals surface area contributed by atoms with E-state index < -0.39 is 0 Å². The van der Waals surface area contributed by atoms with E-state index in [9.17, 15) is 0 Å². The molecule has 92 valence electrons. The number of fused-ring (bicyclic) bond motifs is 2. The molecule has 1 heteroatoms. The second-order valence-electron chi connectivity index (χ2n) is 6.17. The van der Waals surface area contributed by atoms with Gasteiger partial charge in [-0.2, -0.15) is 0 Å². The van der Waals surface area contributed by atoms with Crippen molar-refractivity contribution in [2.45, 2.75) is 51.5 Å². The highest BCUT2D eigenvalue weighted by atomic mass is 14.9. The zero-order valence-electron chi connectivity index (χ0n) is 10.9. The average Bonchev–Trinajstić information content (AvgIpc) is 2.91. The molecular formula is C16H23N. The van der Waals surface area contributed by atoms with Gasteiger partial charge in [0.2, 0.25) is 0 Å². The van der Waals surface area contributed by atoms with Gasteiger partial charge >= 0.3 is 0 Å². The maximum atomic E-state index is 3.82. The number of hydrogen-bond donors (Lipinski definition) is 1. The van der Waals surface area contributed by atoms with Gasteiger partial charge in [-0.05, 0) is 48.6 Å². The Balaban J connectivity index is 1.77. The lowest BCUT2D eigenvalue weighted by molar-refractivity contribution is 0.439. The molecule has 0 radical (unpaired) electrons. The normalized spacial score (nSPS) is 31.1. The van der Waals surface area contributed by atoms with Gasteiger partial charge in [-0.3, -0.25) is 0 Å². The van der Waals surface area contributed by atoms with Crippen molar-refractivity contribution in [2.75, 3.05) is 5.32 Å². The van der Waals surface area contributed by atoms with Crippen LogP contribution in [0.2, 0.25) is 0 Å². The van der Waals surface area contributed by atoms with Crippen LogP contribution in [-0.2, 0) is 0 Å². The number of para-hydroxylation sites is 1. The van der Waals surface area contributed by atoms with Crippen LogP contribution in [0.1, 0.15) is 51.0 Å². The quantitative estimate of drug-likeness (QED) is 0.809. The Kier molecular flexibility index (Phi) is 2.85. The molecule has 2 aliphatic rings. The Hall–Kier alpha value is -0.980. The fourth-order valence-electron chi connectivity index (χ4n) is 3.75. The molecule has 0 saturated heterocycles. The van der Waals surface area contributed by atoms with Gasteiger partial charge < -0.3 is 5.32 Å². The Morgan fingerprint density at radius 3 is 2.59 bits per heavy atom. The number of anilines is 1. The van der Waals surface area contributed by atoms with Gasteiger partial charge in [0.25, 0.3) is 0 Å². The van der Waals surface area contributed by atoms with Gasteiger partial charge in [-0.15, -0.1) is 0 Å². The molecule has 2 aliphatic carbocycles. The van der Waals surface area contributed by atoms with E-state index in [1.807, 2.05) is 0 Å². The van der Waals surface area contributed by atoms with Gasteiger partial charge in [0.1, 0.15) is 0 Å². The van der Waals surface area contributed by atoms with Crippen LogP contribution in [0.25, 0.3) is 0 Å². The SMILES string of the molecule is CC(C)c1ccccc1NC1CC2CCC1C2. The number of benzene rings is 1. The van der Waals surface area contributed by atoms with Crippen molar-refractivity contribution in [1.29, 1.82) is 0 Å². The smallest absolute Gasteiger partial charge is 0.0377 e. The molecule has 2 bridgehead atoms. The van der Waals surface area contributed by atoms with E-state index in [4.69, 9.17) is 0 Å². The van der Waals surface area contributed by atoms with Crippen LogP contribution < -0.4 is 5.32 Å². The third-order valence-electron chi connectivity index (χ3n) is 4.66. The van der Waals surface area contributed by atoms with Crippen LogP contribution in [0, 0.1) is 11.8 Å². The lowest BCUT2D eigenvalue weighted by atomic mass is 9.94. The summed E-state index contributed by atoms with van der Waals surface area (Å²) >= 11 is 0. The topological polar surface area (TPSA) is 12.0 Å². The van der Waals surface area contributed by atoms with E-state index in [0.29, 0.717) is 5.92 Å². The van der Waals surface area contributed by atoms with E-state index >= 15 is 0 Å². The van der Waals surface area contributed by atoms with Crippen molar-refractivity contribution in [1.82, 2.24) is 0 Å². The molecule has 1 aromatic carbocycles. The fraction of sp³-hybridized carbons (Fsp3) is 0.625. The molecule has 0 amide bonds. The molecule has 1 N–H and O–H groups in total. The third-order valence-corrected chi connectivity index (χ3v) is 4.66. The van der Waals surface area contributed by atoms with Crippen LogP contribution >= 0.6 is 0 Å². The Morgan fingerprint density at radius 2 is 1.94 bits per heavy atom. The van der Waals surface area contributed by atoms with Crippen molar-refractivity contribution >= 4 is 5.69 Å². The van der Waals surface area contributed by atoms with Gasteiger partial charge in [-0.25, -0.2) is 0 Å². The summed E-state index contributed by atoms with van der Waals surface area (Å²) in [5, 5.41) is 3.82. The zero-order chi connectivity index (χ0) is 11.8. The van der Waals surface area contributed by atoms with E-state index in [0.717, 1.165) is 17.9 Å². The summed E-state index contributed by atoms with van der Waals surface area (Å²) in [7, 11) is 0. The summed E-state index contributed by atoms with van der Waals surface area (Å²) < 4.78 is 0. The number of hydrogen-bond acceptors (Lipinski definition) is 1. The molecule has 0 aromatic heterocycles. The average molecular weight is 229 g/mol. The van der Waals surface area contributed by atoms with Crippen LogP contribution in [-0.4, -0.2) is 6.04 Å². The first-order valence-corrected chi connectivity index (χ1v) is 7.09. The van der Waals surface area contributed by atoms with E-state index in [2.05, 4.69) is 43.4 Å². The van der Waals surface area contributed by atoms with E-state index in [1.165, 1.54) is 36.9 Å². The van der Waals surface area contributed by atoms with Crippen LogP contribution in [0.4, 0.5) is 5.69 Å². The molecule has 3 unspecified atom stereocenters. The van der Waals surface area contributed by atoms with Crippen molar-refractivity contribution < 1.29 is 0 Å². The highest BCUT2D eigenvalue weighted by Gasteiger charge is 2.39. The van der Waals surface area contributed by atoms with Gasteiger partial charge in [0, 0.05) is 11.7 Å². The summed E-state index contributed by atoms with van der Waals surface area (Å²) in [6, 6.07) is 9.57. The van der Waals surface area contributed by atoms with Crippen LogP contribution in [0.5, 0.6) is 0 Å². The minimum atomic E-state index is 0.609. The summed E-state index contributed by atoms with van der Waals surface area (Å²) in [6.45, 7) is 4.56. The second-order valence-corrected chi connectivity index (χ2v) is 6.17. The molecule has 17 heavy (non-hydrogen) atoms. The highest BCUT2D eigenvalue weighted by Crippen LogP contribution is 2.45. The predicted octanol–water partition coefficient (Wildman–Crippen LogP) is 4.41. The maximum absolute atomic E-state index is 3.82. The molecule has 1 nitrogen and oxygen atoms in total. The first-order valence-electron chi connectivity index (χ1n) is 7.09. The van der Waals surface area contributed by atoms with E-state index in [-0.39, 0.29) is 0 Å². The van der Waals surface area contributed by atoms with Crippen LogP contribution in [0.15, 0.2) is 24.3 Å². The first kappa shape index (κ1) is 11.1. The summed E-state index contributed by atoms with van der Waals surface area (Å²) in [5.41, 5.74) is 2.84. The summed E-state index contributed by atoms with van der Waals surface area (Å²) in [5.74, 6) is 2.57. The van der Waals surface area contributed by atoms with Gasteiger partial charge in [0.15, 0.2) is 0 Å². The van der Waals surface area contributed by atoms with Gasteiger partial charge in [-0.1, -0.05) is 38.5 Å². The number of nitrogens with one attached hydrogen (secondary N) is 1. The monoisotopic (exact) mass is 229 g/mol. The molecule has 3 atom stereocenters. The predicted molar refractivity (Wildman–Crippen MR) is 73.4 cm³/mol. The summed E-state index contributed by atoms with van der Waals surface area (Å²) in [6.07, 6.45) is 5.81. The molecule has 1 aromatic rings. The fourth-order valence-corrected chi connectivity index (χ4v) is 3.75. The minimum Gasteiger partial charge on any atom is -0.382 e. The molecule has 2 fully saturated rings. The third kappa shape index (κ3) is 2.08. The molecule has 0 aliphatic heterocycles. The highest BCUT2D eigenvalue weighted by molar-refractivity contribution is 5.53. The van der Waals surface area contributed by atoms with Crippen molar-refractivity contribution in [3.05, 3.63) is 29.8 Å². The lowest BCUT2D eigenvalue weighted by Crippen LogP contribution is -2.26. The molecule has 2 saturated carbocycles. The Labute approximate surface area is 105 Å². The second kappa shape index (κ2) is 4.36. The van der Waals surface area contributed by atoms with E-state index in [1.54, 1.807) is 0 Å². The zero-order valence-corrected chi connectivity index (χ0v) is 10.9. The Bertz CT molecular complexity index is 396. The standard InChI is InChI=1S/C16H23N/c1-11(2)14-5-3-4-6-15(14)17-16-10-12-7-8-13(16)9-12/h3-6,11-13,16-17H,7-10H2,1-2H3. The number of rotatable bonds is 3. The van der Waals surface area contributed by atoms with Crippen molar-refractivity contribution in [3.8, 4) is 0 Å². The van der Waals surface area contributed by atoms with Crippen molar-refractivity contribution in [3.63, 3.8) is 0 Å². The maximum Gasteiger partial charge on any atom is 0.0377 e. The first-order chi connectivity index (χ1) is 8.24. The molecule has 3 rings (SSSR count). The molecule has 0 heterocycles. The largest absolute Gasteiger partial charge is 0.382 e. The lowest BCUT2D eigenvalue weighted by Gasteiger charge is -2.26. The molecule has 0 spiro atoms. The molecular weight excluding hydrogens is 206 g/mol. The minimum absolute atomic E-state index is 0.609. The van der Waals surface area contributed by atoms with Gasteiger partial charge in [0.05, 0.1) is 0 Å². The Morgan fingerprint density at radius 1 is 1.12 bits per heavy atom.